The van der Waals surface area contributed by atoms with E-state index in [0.29, 0.717) is 28.8 Å². The van der Waals surface area contributed by atoms with E-state index in [1.54, 1.807) is 24.3 Å². The fraction of sp³-hybridized carbons (Fsp3) is 0.303. The highest BCUT2D eigenvalue weighted by Crippen LogP contribution is 2.40. The number of aliphatic hydroxyl groups is 2. The Bertz CT molecular complexity index is 1700. The number of aromatic nitrogens is 2. The number of nitrogens with one attached hydrogen (secondary N) is 1. The lowest BCUT2D eigenvalue weighted by Crippen LogP contribution is -2.47. The Balaban J connectivity index is 1.41. The molecular formula is C33H33Cl2N3O8. The molecule has 11 nitrogen and oxygen atoms in total. The minimum Gasteiger partial charge on any atom is -0.488 e. The number of carboxylic acid groups (broad SMARTS) is 1. The first-order valence-electron chi connectivity index (χ1n) is 14.5. The molecule has 13 heteroatoms. The van der Waals surface area contributed by atoms with Gasteiger partial charge in [-0.25, -0.2) is 4.63 Å². The molecule has 1 aliphatic rings. The number of benzene rings is 3. The monoisotopic (exact) mass is 669 g/mol. The van der Waals surface area contributed by atoms with E-state index in [-0.39, 0.29) is 43.7 Å². The molecule has 5 rings (SSSR count). The molecular weight excluding hydrogens is 637 g/mol. The van der Waals surface area contributed by atoms with Crippen LogP contribution in [0, 0.1) is 0 Å². The summed E-state index contributed by atoms with van der Waals surface area (Å²) in [6.07, 6.45) is 6.06. The van der Waals surface area contributed by atoms with Crippen molar-refractivity contribution in [3.8, 4) is 11.5 Å². The summed E-state index contributed by atoms with van der Waals surface area (Å²) in [6, 6.07) is 17.1. The second-order valence-corrected chi connectivity index (χ2v) is 11.4. The van der Waals surface area contributed by atoms with Crippen LogP contribution in [0.1, 0.15) is 23.1 Å². The highest BCUT2D eigenvalue weighted by molar-refractivity contribution is 6.32. The van der Waals surface area contributed by atoms with E-state index in [1.165, 1.54) is 0 Å². The zero-order chi connectivity index (χ0) is 32.5. The van der Waals surface area contributed by atoms with Crippen LogP contribution in [-0.4, -0.2) is 75.0 Å². The zero-order valence-electron chi connectivity index (χ0n) is 24.6. The molecule has 4 N–H and O–H groups in total. The molecule has 3 atom stereocenters. The van der Waals surface area contributed by atoms with Crippen molar-refractivity contribution in [1.82, 2.24) is 15.6 Å². The highest BCUT2D eigenvalue weighted by atomic mass is 35.5. The molecule has 3 aromatic carbocycles. The van der Waals surface area contributed by atoms with Gasteiger partial charge in [-0.2, -0.15) is 0 Å². The van der Waals surface area contributed by atoms with Gasteiger partial charge in [-0.1, -0.05) is 60.2 Å². The number of hydrogen-bond acceptors (Lipinski definition) is 10. The van der Waals surface area contributed by atoms with E-state index in [2.05, 4.69) is 15.6 Å². The van der Waals surface area contributed by atoms with E-state index in [1.807, 2.05) is 54.6 Å². The van der Waals surface area contributed by atoms with Gasteiger partial charge in [0.05, 0.1) is 23.6 Å². The van der Waals surface area contributed by atoms with Crippen molar-refractivity contribution in [2.45, 2.75) is 36.6 Å². The fourth-order valence-electron chi connectivity index (χ4n) is 4.92. The normalized spacial score (nSPS) is 18.3. The Morgan fingerprint density at radius 2 is 1.85 bits per heavy atom. The number of rotatable bonds is 16. The Hall–Kier alpha value is -3.97. The van der Waals surface area contributed by atoms with Gasteiger partial charge in [-0.15, -0.1) is 11.6 Å². The summed E-state index contributed by atoms with van der Waals surface area (Å²) in [4.78, 5) is 11.5. The van der Waals surface area contributed by atoms with Crippen LogP contribution in [-0.2, 0) is 22.7 Å². The smallest absolute Gasteiger partial charge is 0.323 e. The Kier molecular flexibility index (Phi) is 11.3. The predicted molar refractivity (Wildman–Crippen MR) is 172 cm³/mol. The number of alkyl halides is 1. The third kappa shape index (κ3) is 7.87. The SMILES string of the molecule is O=C(O)C(CO)NCc1cc(Cl)c(OCC2(OCCCO)C=CC=C(c3ccccc3)C2Cl)cc1OCc1ccc2nonc2c1. The van der Waals surface area contributed by atoms with Crippen molar-refractivity contribution in [2.75, 3.05) is 26.4 Å². The third-order valence-corrected chi connectivity index (χ3v) is 8.34. The number of nitrogens with zero attached hydrogens (tertiary/aromatic N) is 2. The summed E-state index contributed by atoms with van der Waals surface area (Å²) in [7, 11) is 0. The van der Waals surface area contributed by atoms with Gasteiger partial charge in [0.15, 0.2) is 0 Å². The summed E-state index contributed by atoms with van der Waals surface area (Å²) in [6.45, 7) is -0.266. The quantitative estimate of drug-likeness (QED) is 0.0963. The van der Waals surface area contributed by atoms with Crippen LogP contribution in [0.2, 0.25) is 5.02 Å². The Morgan fingerprint density at radius 1 is 1.04 bits per heavy atom. The molecule has 1 heterocycles. The van der Waals surface area contributed by atoms with E-state index in [0.717, 1.165) is 16.7 Å². The topological polar surface area (TPSA) is 156 Å². The van der Waals surface area contributed by atoms with Crippen molar-refractivity contribution >= 4 is 45.8 Å². The zero-order valence-corrected chi connectivity index (χ0v) is 26.2. The maximum absolute atomic E-state index is 11.5. The number of carboxylic acids is 1. The Morgan fingerprint density at radius 3 is 2.61 bits per heavy atom. The van der Waals surface area contributed by atoms with E-state index in [9.17, 15) is 20.1 Å². The number of aliphatic carboxylic acids is 1. The molecule has 0 amide bonds. The number of fused-ring (bicyclic) bond motifs is 1. The molecule has 0 saturated heterocycles. The Labute approximate surface area is 274 Å². The van der Waals surface area contributed by atoms with Crippen molar-refractivity contribution in [1.29, 1.82) is 0 Å². The van der Waals surface area contributed by atoms with Crippen molar-refractivity contribution < 1.29 is 39.0 Å². The standard InChI is InChI=1S/C33H33Cl2N3O8/c34-25-15-23(17-36-28(18-40)32(41)42)29(43-19-21-9-10-26-27(14-21)38-46-37-26)16-30(25)44-20-33(45-13-5-12-39)11-4-8-24(31(33)35)22-6-2-1-3-7-22/h1-4,6-11,14-16,28,31,36,39-40H,5,12-13,17-20H2,(H,41,42). The summed E-state index contributed by atoms with van der Waals surface area (Å²) in [5.74, 6) is -0.544. The maximum Gasteiger partial charge on any atom is 0.323 e. The van der Waals surface area contributed by atoms with Gasteiger partial charge in [-0.3, -0.25) is 10.1 Å². The molecule has 3 unspecified atom stereocenters. The van der Waals surface area contributed by atoms with Gasteiger partial charge in [0.1, 0.15) is 47.4 Å². The van der Waals surface area contributed by atoms with Gasteiger partial charge in [0.25, 0.3) is 0 Å². The molecule has 0 aliphatic heterocycles. The van der Waals surface area contributed by atoms with E-state index in [4.69, 9.17) is 42.0 Å². The van der Waals surface area contributed by atoms with E-state index < -0.39 is 29.6 Å². The first kappa shape index (κ1) is 33.4. The van der Waals surface area contributed by atoms with Crippen LogP contribution in [0.25, 0.3) is 16.6 Å². The van der Waals surface area contributed by atoms with Crippen LogP contribution in [0.3, 0.4) is 0 Å². The van der Waals surface area contributed by atoms with Gasteiger partial charge in [0, 0.05) is 24.8 Å². The van der Waals surface area contributed by atoms with Crippen LogP contribution < -0.4 is 14.8 Å². The van der Waals surface area contributed by atoms with Crippen LogP contribution in [0.4, 0.5) is 0 Å². The summed E-state index contributed by atoms with van der Waals surface area (Å²) < 4.78 is 23.6. The predicted octanol–water partition coefficient (Wildman–Crippen LogP) is 4.77. The van der Waals surface area contributed by atoms with Gasteiger partial charge in [-0.05, 0) is 57.7 Å². The molecule has 242 valence electrons. The minimum atomic E-state index is -1.20. The molecule has 0 spiro atoms. The molecule has 46 heavy (non-hydrogen) atoms. The van der Waals surface area contributed by atoms with Gasteiger partial charge >= 0.3 is 5.97 Å². The first-order valence-corrected chi connectivity index (χ1v) is 15.3. The summed E-state index contributed by atoms with van der Waals surface area (Å²) in [5, 5.41) is 38.4. The third-order valence-electron chi connectivity index (χ3n) is 7.44. The van der Waals surface area contributed by atoms with Gasteiger partial charge in [0.2, 0.25) is 0 Å². The first-order chi connectivity index (χ1) is 22.3. The lowest BCUT2D eigenvalue weighted by atomic mass is 9.86. The molecule has 0 bridgehead atoms. The number of aliphatic hydroxyl groups excluding tert-OH is 2. The second kappa shape index (κ2) is 15.5. The number of carbonyl (C=O) groups is 1. The van der Waals surface area contributed by atoms with Crippen LogP contribution in [0.15, 0.2) is 83.5 Å². The average molecular weight is 671 g/mol. The lowest BCUT2D eigenvalue weighted by molar-refractivity contribution is -0.140. The molecule has 4 aromatic rings. The van der Waals surface area contributed by atoms with Crippen molar-refractivity contribution in [3.05, 3.63) is 101 Å². The maximum atomic E-state index is 11.5. The number of allylic oxidation sites excluding steroid dienone is 2. The molecule has 1 aromatic heterocycles. The lowest BCUT2D eigenvalue weighted by Gasteiger charge is -2.38. The summed E-state index contributed by atoms with van der Waals surface area (Å²) >= 11 is 13.8. The van der Waals surface area contributed by atoms with Crippen LogP contribution >= 0.6 is 23.2 Å². The molecule has 0 fully saturated rings. The summed E-state index contributed by atoms with van der Waals surface area (Å²) in [5.41, 5.74) is 3.19. The van der Waals surface area contributed by atoms with E-state index >= 15 is 0 Å². The molecule has 0 saturated carbocycles. The highest BCUT2D eigenvalue weighted by Gasteiger charge is 2.42. The number of hydrogen-bond donors (Lipinski definition) is 4. The fourth-order valence-corrected chi connectivity index (χ4v) is 5.56. The van der Waals surface area contributed by atoms with Gasteiger partial charge < -0.3 is 29.5 Å². The number of halogens is 2. The number of ether oxygens (including phenoxy) is 3. The second-order valence-electron chi connectivity index (χ2n) is 10.6. The van der Waals surface area contributed by atoms with Crippen molar-refractivity contribution in [3.63, 3.8) is 0 Å². The molecule has 1 aliphatic carbocycles. The average Bonchev–Trinajstić information content (AvgIpc) is 3.54. The van der Waals surface area contributed by atoms with Crippen molar-refractivity contribution in [2.24, 2.45) is 0 Å². The van der Waals surface area contributed by atoms with Crippen LogP contribution in [0.5, 0.6) is 11.5 Å². The minimum absolute atomic E-state index is 0.0224. The molecule has 0 radical (unpaired) electrons. The largest absolute Gasteiger partial charge is 0.488 e.